The Balaban J connectivity index is 3.01. The normalized spacial score (nSPS) is 10.9. The van der Waals surface area contributed by atoms with Crippen molar-refractivity contribution >= 4 is 6.08 Å². The van der Waals surface area contributed by atoms with Crippen LogP contribution in [-0.4, -0.2) is 14.2 Å². The maximum Gasteiger partial charge on any atom is 0.130 e. The Morgan fingerprint density at radius 3 is 2.11 bits per heavy atom. The van der Waals surface area contributed by atoms with Gasteiger partial charge in [0.15, 0.2) is 0 Å². The molecule has 0 spiro atoms. The zero-order valence-electron chi connectivity index (χ0n) is 12.7. The zero-order chi connectivity index (χ0) is 14.1. The third kappa shape index (κ3) is 4.62. The van der Waals surface area contributed by atoms with Crippen molar-refractivity contribution in [1.29, 1.82) is 0 Å². The largest absolute Gasteiger partial charge is 0.496 e. The van der Waals surface area contributed by atoms with E-state index >= 15 is 0 Å². The summed E-state index contributed by atoms with van der Waals surface area (Å²) in [6, 6.07) is 4.26. The molecule has 0 aromatic heterocycles. The lowest BCUT2D eigenvalue weighted by molar-refractivity contribution is 0.391. The molecule has 0 aliphatic rings. The first-order valence-electron chi connectivity index (χ1n) is 7.18. The minimum Gasteiger partial charge on any atom is -0.496 e. The number of unbranched alkanes of at least 4 members (excludes halogenated alkanes) is 2. The second-order valence-corrected chi connectivity index (χ2v) is 4.68. The maximum atomic E-state index is 5.50. The van der Waals surface area contributed by atoms with Gasteiger partial charge in [0.1, 0.15) is 11.5 Å². The van der Waals surface area contributed by atoms with Crippen LogP contribution < -0.4 is 9.47 Å². The van der Waals surface area contributed by atoms with Crippen molar-refractivity contribution in [1.82, 2.24) is 0 Å². The van der Waals surface area contributed by atoms with Gasteiger partial charge in [-0.2, -0.15) is 0 Å². The molecular weight excluding hydrogens is 236 g/mol. The molecule has 0 saturated heterocycles. The van der Waals surface area contributed by atoms with Crippen molar-refractivity contribution in [2.24, 2.45) is 0 Å². The van der Waals surface area contributed by atoms with Gasteiger partial charge < -0.3 is 9.47 Å². The fourth-order valence-electron chi connectivity index (χ4n) is 2.12. The van der Waals surface area contributed by atoms with Crippen LogP contribution in [0.4, 0.5) is 0 Å². The number of allylic oxidation sites excluding steroid dienone is 1. The Kier molecular flexibility index (Phi) is 7.09. The van der Waals surface area contributed by atoms with Crippen LogP contribution in [0.25, 0.3) is 6.08 Å². The molecule has 0 bridgehead atoms. The Morgan fingerprint density at radius 1 is 1.00 bits per heavy atom. The number of benzene rings is 1. The third-order valence-electron chi connectivity index (χ3n) is 3.19. The third-order valence-corrected chi connectivity index (χ3v) is 3.19. The number of ether oxygens (including phenoxy) is 2. The molecule has 0 unspecified atom stereocenters. The summed E-state index contributed by atoms with van der Waals surface area (Å²) in [6.07, 6.45) is 10.0. The lowest BCUT2D eigenvalue weighted by Gasteiger charge is -2.13. The molecule has 1 aromatic rings. The summed E-state index contributed by atoms with van der Waals surface area (Å²) in [7, 11) is 3.43. The molecule has 0 atom stereocenters. The summed E-state index contributed by atoms with van der Waals surface area (Å²) in [4.78, 5) is 0. The van der Waals surface area contributed by atoms with E-state index in [0.717, 1.165) is 29.9 Å². The van der Waals surface area contributed by atoms with Crippen LogP contribution >= 0.6 is 0 Å². The number of methoxy groups -OCH3 is 2. The summed E-state index contributed by atoms with van der Waals surface area (Å²) in [5.41, 5.74) is 2.32. The van der Waals surface area contributed by atoms with Crippen LogP contribution in [0.1, 0.15) is 50.7 Å². The molecule has 0 aliphatic carbocycles. The van der Waals surface area contributed by atoms with E-state index in [2.05, 4.69) is 38.1 Å². The van der Waals surface area contributed by atoms with Crippen molar-refractivity contribution in [3.8, 4) is 11.5 Å². The zero-order valence-corrected chi connectivity index (χ0v) is 12.7. The summed E-state index contributed by atoms with van der Waals surface area (Å²) < 4.78 is 11.0. The molecule has 2 heteroatoms. The van der Waals surface area contributed by atoms with E-state index in [-0.39, 0.29) is 0 Å². The second kappa shape index (κ2) is 8.63. The fraction of sp³-hybridized carbons (Fsp3) is 0.529. The molecule has 0 saturated carbocycles. The maximum absolute atomic E-state index is 5.50. The Bertz CT molecular complexity index is 383. The molecule has 1 rings (SSSR count). The van der Waals surface area contributed by atoms with Gasteiger partial charge in [-0.1, -0.05) is 38.8 Å². The molecule has 0 radical (unpaired) electrons. The summed E-state index contributed by atoms with van der Waals surface area (Å²) in [5.74, 6) is 1.80. The van der Waals surface area contributed by atoms with E-state index in [9.17, 15) is 0 Å². The van der Waals surface area contributed by atoms with Gasteiger partial charge in [-0.25, -0.2) is 0 Å². The van der Waals surface area contributed by atoms with E-state index in [1.807, 2.05) is 0 Å². The highest BCUT2D eigenvalue weighted by molar-refractivity contribution is 5.65. The highest BCUT2D eigenvalue weighted by Crippen LogP contribution is 2.32. The van der Waals surface area contributed by atoms with Gasteiger partial charge in [0, 0.05) is 0 Å². The standard InChI is InChI=1S/C17H26O2/c1-5-7-9-10-14-12-16(18-3)15(11-8-6-2)17(13-14)19-4/h8,11-13H,5-7,9-10H2,1-4H3/b11-8+. The fourth-order valence-corrected chi connectivity index (χ4v) is 2.12. The highest BCUT2D eigenvalue weighted by atomic mass is 16.5. The van der Waals surface area contributed by atoms with Crippen LogP contribution in [0.15, 0.2) is 18.2 Å². The molecule has 19 heavy (non-hydrogen) atoms. The first kappa shape index (κ1) is 15.6. The molecule has 0 fully saturated rings. The van der Waals surface area contributed by atoms with Crippen LogP contribution in [0, 0.1) is 0 Å². The summed E-state index contributed by atoms with van der Waals surface area (Å²) in [6.45, 7) is 4.34. The van der Waals surface area contributed by atoms with Gasteiger partial charge in [-0.15, -0.1) is 0 Å². The molecule has 106 valence electrons. The van der Waals surface area contributed by atoms with Gasteiger partial charge in [0.05, 0.1) is 19.8 Å². The highest BCUT2D eigenvalue weighted by Gasteiger charge is 2.09. The first-order chi connectivity index (χ1) is 9.26. The van der Waals surface area contributed by atoms with Crippen molar-refractivity contribution in [3.63, 3.8) is 0 Å². The number of aryl methyl sites for hydroxylation is 1. The molecular formula is C17H26O2. The van der Waals surface area contributed by atoms with E-state index in [0.29, 0.717) is 0 Å². The lowest BCUT2D eigenvalue weighted by Crippen LogP contribution is -1.96. The SMILES string of the molecule is CC/C=C/c1c(OC)cc(CCCCC)cc1OC. The number of hydrogen-bond donors (Lipinski definition) is 0. The summed E-state index contributed by atoms with van der Waals surface area (Å²) >= 11 is 0. The van der Waals surface area contributed by atoms with Crippen LogP contribution in [0.2, 0.25) is 0 Å². The smallest absolute Gasteiger partial charge is 0.130 e. The van der Waals surface area contributed by atoms with Crippen molar-refractivity contribution in [2.45, 2.75) is 46.0 Å². The van der Waals surface area contributed by atoms with Crippen molar-refractivity contribution in [3.05, 3.63) is 29.3 Å². The van der Waals surface area contributed by atoms with Gasteiger partial charge in [-0.3, -0.25) is 0 Å². The van der Waals surface area contributed by atoms with E-state index in [4.69, 9.17) is 9.47 Å². The van der Waals surface area contributed by atoms with E-state index in [1.165, 1.54) is 24.8 Å². The minimum absolute atomic E-state index is 0.899. The average molecular weight is 262 g/mol. The van der Waals surface area contributed by atoms with Crippen molar-refractivity contribution < 1.29 is 9.47 Å². The molecule has 0 N–H and O–H groups in total. The van der Waals surface area contributed by atoms with E-state index in [1.54, 1.807) is 14.2 Å². The Hall–Kier alpha value is -1.44. The lowest BCUT2D eigenvalue weighted by atomic mass is 10.0. The predicted octanol–water partition coefficient (Wildman–Crippen LogP) is 4.86. The monoisotopic (exact) mass is 262 g/mol. The van der Waals surface area contributed by atoms with E-state index < -0.39 is 0 Å². The minimum atomic E-state index is 0.899. The predicted molar refractivity (Wildman–Crippen MR) is 82.1 cm³/mol. The second-order valence-electron chi connectivity index (χ2n) is 4.68. The van der Waals surface area contributed by atoms with Crippen LogP contribution in [0.3, 0.4) is 0 Å². The number of rotatable bonds is 8. The average Bonchev–Trinajstić information content (AvgIpc) is 2.45. The van der Waals surface area contributed by atoms with Gasteiger partial charge in [-0.05, 0) is 37.0 Å². The quantitative estimate of drug-likeness (QED) is 0.623. The molecule has 0 amide bonds. The Labute approximate surface area is 117 Å². The first-order valence-corrected chi connectivity index (χ1v) is 7.18. The summed E-state index contributed by atoms with van der Waals surface area (Å²) in [5, 5.41) is 0. The van der Waals surface area contributed by atoms with Gasteiger partial charge in [0.25, 0.3) is 0 Å². The Morgan fingerprint density at radius 2 is 1.63 bits per heavy atom. The van der Waals surface area contributed by atoms with Crippen LogP contribution in [0.5, 0.6) is 11.5 Å². The molecule has 0 heterocycles. The molecule has 0 aliphatic heterocycles. The van der Waals surface area contributed by atoms with Gasteiger partial charge in [0.2, 0.25) is 0 Å². The van der Waals surface area contributed by atoms with Crippen LogP contribution in [-0.2, 0) is 6.42 Å². The molecule has 1 aromatic carbocycles. The van der Waals surface area contributed by atoms with Crippen molar-refractivity contribution in [2.75, 3.05) is 14.2 Å². The molecule has 2 nitrogen and oxygen atoms in total. The topological polar surface area (TPSA) is 18.5 Å². The number of hydrogen-bond acceptors (Lipinski definition) is 2. The van der Waals surface area contributed by atoms with Gasteiger partial charge >= 0.3 is 0 Å².